The Balaban J connectivity index is 2.35. The Morgan fingerprint density at radius 2 is 1.95 bits per heavy atom. The van der Waals surface area contributed by atoms with Crippen molar-refractivity contribution in [3.8, 4) is 0 Å². The quantitative estimate of drug-likeness (QED) is 0.901. The first-order chi connectivity index (χ1) is 9.42. The van der Waals surface area contributed by atoms with Crippen molar-refractivity contribution in [3.63, 3.8) is 0 Å². The van der Waals surface area contributed by atoms with E-state index in [-0.39, 0.29) is 4.90 Å². The zero-order valence-corrected chi connectivity index (χ0v) is 12.2. The highest BCUT2D eigenvalue weighted by molar-refractivity contribution is 7.92. The van der Waals surface area contributed by atoms with E-state index < -0.39 is 10.0 Å². The molecule has 0 atom stereocenters. The van der Waals surface area contributed by atoms with E-state index in [2.05, 4.69) is 9.71 Å². The summed E-state index contributed by atoms with van der Waals surface area (Å²) >= 11 is 0. The van der Waals surface area contributed by atoms with Gasteiger partial charge in [-0.3, -0.25) is 4.72 Å². The Bertz CT molecular complexity index is 727. The highest BCUT2D eigenvalue weighted by atomic mass is 32.2. The third-order valence-corrected chi connectivity index (χ3v) is 4.33. The number of aryl methyl sites for hydroxylation is 2. The summed E-state index contributed by atoms with van der Waals surface area (Å²) in [5.41, 5.74) is 8.14. The van der Waals surface area contributed by atoms with Crippen LogP contribution in [0.15, 0.2) is 41.3 Å². The van der Waals surface area contributed by atoms with E-state index in [1.807, 2.05) is 6.92 Å². The fraction of sp³-hybridized carbons (Fsp3) is 0.214. The molecule has 5 nitrogen and oxygen atoms in total. The van der Waals surface area contributed by atoms with Crippen molar-refractivity contribution in [1.29, 1.82) is 0 Å². The average Bonchev–Trinajstić information content (AvgIpc) is 2.38. The van der Waals surface area contributed by atoms with Crippen molar-refractivity contribution in [1.82, 2.24) is 4.98 Å². The zero-order valence-electron chi connectivity index (χ0n) is 11.4. The fourth-order valence-corrected chi connectivity index (χ4v) is 2.88. The third-order valence-electron chi connectivity index (χ3n) is 2.98. The van der Waals surface area contributed by atoms with Gasteiger partial charge in [-0.05, 0) is 49.2 Å². The number of hydrogen-bond acceptors (Lipinski definition) is 4. The third kappa shape index (κ3) is 3.15. The molecule has 0 saturated heterocycles. The van der Waals surface area contributed by atoms with E-state index in [4.69, 9.17) is 5.73 Å². The van der Waals surface area contributed by atoms with Crippen LogP contribution in [-0.4, -0.2) is 13.4 Å². The molecule has 0 fully saturated rings. The second-order valence-corrected chi connectivity index (χ2v) is 6.24. The van der Waals surface area contributed by atoms with Crippen LogP contribution in [0.25, 0.3) is 0 Å². The number of hydrogen-bond donors (Lipinski definition) is 2. The van der Waals surface area contributed by atoms with Crippen LogP contribution in [0.4, 0.5) is 5.82 Å². The second-order valence-electron chi connectivity index (χ2n) is 4.56. The van der Waals surface area contributed by atoms with Crippen LogP contribution in [0.5, 0.6) is 0 Å². The summed E-state index contributed by atoms with van der Waals surface area (Å²) in [6.07, 6.45) is 0. The first-order valence-electron chi connectivity index (χ1n) is 6.18. The molecule has 1 aromatic carbocycles. The van der Waals surface area contributed by atoms with Gasteiger partial charge in [-0.15, -0.1) is 0 Å². The minimum absolute atomic E-state index is 0.187. The molecule has 20 heavy (non-hydrogen) atoms. The summed E-state index contributed by atoms with van der Waals surface area (Å²) < 4.78 is 27.1. The summed E-state index contributed by atoms with van der Waals surface area (Å²) in [5.74, 6) is 0.305. The topological polar surface area (TPSA) is 85.1 Å². The molecule has 0 radical (unpaired) electrons. The number of rotatable bonds is 4. The van der Waals surface area contributed by atoms with Gasteiger partial charge in [0.25, 0.3) is 10.0 Å². The SMILES string of the molecule is Cc1cccc(NS(=O)(=O)c2ccc(C)c(CN)c2)n1. The maximum absolute atomic E-state index is 12.3. The highest BCUT2D eigenvalue weighted by Crippen LogP contribution is 2.18. The van der Waals surface area contributed by atoms with Crippen LogP contribution in [0.3, 0.4) is 0 Å². The Morgan fingerprint density at radius 3 is 2.60 bits per heavy atom. The molecule has 1 aromatic heterocycles. The summed E-state index contributed by atoms with van der Waals surface area (Å²) in [5, 5.41) is 0. The molecule has 106 valence electrons. The van der Waals surface area contributed by atoms with Crippen LogP contribution in [-0.2, 0) is 16.6 Å². The molecular weight excluding hydrogens is 274 g/mol. The average molecular weight is 291 g/mol. The van der Waals surface area contributed by atoms with Gasteiger partial charge in [0.05, 0.1) is 4.90 Å². The number of anilines is 1. The largest absolute Gasteiger partial charge is 0.326 e. The summed E-state index contributed by atoms with van der Waals surface area (Å²) in [6, 6.07) is 10.1. The van der Waals surface area contributed by atoms with Crippen LogP contribution < -0.4 is 10.5 Å². The van der Waals surface area contributed by atoms with E-state index in [0.717, 1.165) is 16.8 Å². The lowest BCUT2D eigenvalue weighted by Crippen LogP contribution is -2.15. The van der Waals surface area contributed by atoms with Gasteiger partial charge in [0.1, 0.15) is 5.82 Å². The highest BCUT2D eigenvalue weighted by Gasteiger charge is 2.15. The number of pyridine rings is 1. The normalized spacial score (nSPS) is 11.3. The number of nitrogens with two attached hydrogens (primary N) is 1. The minimum atomic E-state index is -3.65. The van der Waals surface area contributed by atoms with Gasteiger partial charge in [-0.2, -0.15) is 0 Å². The molecule has 0 unspecified atom stereocenters. The fourth-order valence-electron chi connectivity index (χ4n) is 1.83. The lowest BCUT2D eigenvalue weighted by Gasteiger charge is -2.10. The van der Waals surface area contributed by atoms with Crippen molar-refractivity contribution in [2.75, 3.05) is 4.72 Å². The summed E-state index contributed by atoms with van der Waals surface area (Å²) in [7, 11) is -3.65. The Hall–Kier alpha value is -1.92. The molecular formula is C14H17N3O2S. The minimum Gasteiger partial charge on any atom is -0.326 e. The van der Waals surface area contributed by atoms with E-state index in [1.165, 1.54) is 0 Å². The Kier molecular flexibility index (Phi) is 4.06. The number of sulfonamides is 1. The predicted molar refractivity (Wildman–Crippen MR) is 78.9 cm³/mol. The lowest BCUT2D eigenvalue weighted by atomic mass is 10.1. The number of aromatic nitrogens is 1. The van der Waals surface area contributed by atoms with Gasteiger partial charge in [0.2, 0.25) is 0 Å². The van der Waals surface area contributed by atoms with E-state index in [0.29, 0.717) is 12.4 Å². The van der Waals surface area contributed by atoms with Crippen molar-refractivity contribution in [2.24, 2.45) is 5.73 Å². The van der Waals surface area contributed by atoms with Crippen molar-refractivity contribution in [2.45, 2.75) is 25.3 Å². The molecule has 2 aromatic rings. The van der Waals surface area contributed by atoms with Crippen molar-refractivity contribution in [3.05, 3.63) is 53.2 Å². The van der Waals surface area contributed by atoms with Crippen LogP contribution in [0.1, 0.15) is 16.8 Å². The second kappa shape index (κ2) is 5.60. The van der Waals surface area contributed by atoms with Gasteiger partial charge in [0, 0.05) is 12.2 Å². The van der Waals surface area contributed by atoms with Crippen LogP contribution >= 0.6 is 0 Å². The van der Waals surface area contributed by atoms with Crippen LogP contribution in [0.2, 0.25) is 0 Å². The van der Waals surface area contributed by atoms with Crippen LogP contribution in [0, 0.1) is 13.8 Å². The predicted octanol–water partition coefficient (Wildman–Crippen LogP) is 1.96. The molecule has 0 saturated carbocycles. The molecule has 0 aliphatic carbocycles. The molecule has 0 amide bonds. The van der Waals surface area contributed by atoms with E-state index >= 15 is 0 Å². The van der Waals surface area contributed by atoms with Crippen molar-refractivity contribution < 1.29 is 8.42 Å². The number of nitrogens with zero attached hydrogens (tertiary/aromatic N) is 1. The molecule has 0 spiro atoms. The molecule has 6 heteroatoms. The molecule has 0 aliphatic rings. The maximum atomic E-state index is 12.3. The Morgan fingerprint density at radius 1 is 1.20 bits per heavy atom. The molecule has 1 heterocycles. The van der Waals surface area contributed by atoms with Gasteiger partial charge >= 0.3 is 0 Å². The van der Waals surface area contributed by atoms with Gasteiger partial charge in [0.15, 0.2) is 0 Å². The monoisotopic (exact) mass is 291 g/mol. The standard InChI is InChI=1S/C14H17N3O2S/c1-10-6-7-13(8-12(10)9-15)20(18,19)17-14-5-3-4-11(2)16-14/h3-8H,9,15H2,1-2H3,(H,16,17). The smallest absolute Gasteiger partial charge is 0.263 e. The number of benzene rings is 1. The first kappa shape index (κ1) is 14.5. The maximum Gasteiger partial charge on any atom is 0.263 e. The lowest BCUT2D eigenvalue weighted by molar-refractivity contribution is 0.601. The molecule has 0 aliphatic heterocycles. The zero-order chi connectivity index (χ0) is 14.8. The molecule has 3 N–H and O–H groups in total. The molecule has 2 rings (SSSR count). The number of nitrogens with one attached hydrogen (secondary N) is 1. The van der Waals surface area contributed by atoms with Gasteiger partial charge in [-0.1, -0.05) is 12.1 Å². The van der Waals surface area contributed by atoms with Gasteiger partial charge in [-0.25, -0.2) is 13.4 Å². The van der Waals surface area contributed by atoms with Gasteiger partial charge < -0.3 is 5.73 Å². The first-order valence-corrected chi connectivity index (χ1v) is 7.67. The van der Waals surface area contributed by atoms with Crippen molar-refractivity contribution >= 4 is 15.8 Å². The molecule has 0 bridgehead atoms. The summed E-state index contributed by atoms with van der Waals surface area (Å²) in [4.78, 5) is 4.32. The van der Waals surface area contributed by atoms with E-state index in [9.17, 15) is 8.42 Å². The Labute approximate surface area is 118 Å². The summed E-state index contributed by atoms with van der Waals surface area (Å²) in [6.45, 7) is 4.00. The van der Waals surface area contributed by atoms with E-state index in [1.54, 1.807) is 43.3 Å².